The summed E-state index contributed by atoms with van der Waals surface area (Å²) in [6.07, 6.45) is 1.12. The number of hydrogen-bond acceptors (Lipinski definition) is 5. The molecule has 0 bridgehead atoms. The summed E-state index contributed by atoms with van der Waals surface area (Å²) in [5.41, 5.74) is 5.77. The molecule has 17 heavy (non-hydrogen) atoms. The zero-order valence-corrected chi connectivity index (χ0v) is 10.4. The number of aromatic nitrogens is 2. The van der Waals surface area contributed by atoms with Crippen LogP contribution in [0.15, 0.2) is 6.07 Å². The average Bonchev–Trinajstić information content (AvgIpc) is 2.78. The standard InChI is InChI=1S/C12H20N4O/c1-8(2)12-15-10(13)5-11(16-12)14-6-9-3-4-17-7-9/h5,8-9H,3-4,6-7H2,1-2H3,(H3,13,14,15,16). The Kier molecular flexibility index (Phi) is 3.78. The summed E-state index contributed by atoms with van der Waals surface area (Å²) < 4.78 is 5.33. The Morgan fingerprint density at radius 3 is 3.00 bits per heavy atom. The molecule has 1 atom stereocenters. The van der Waals surface area contributed by atoms with Crippen LogP contribution in [-0.2, 0) is 4.74 Å². The molecule has 0 aliphatic carbocycles. The van der Waals surface area contributed by atoms with Gasteiger partial charge in [-0.15, -0.1) is 0 Å². The lowest BCUT2D eigenvalue weighted by atomic mass is 10.1. The number of nitrogen functional groups attached to an aromatic ring is 1. The number of nitrogens with zero attached hydrogens (tertiary/aromatic N) is 2. The quantitative estimate of drug-likeness (QED) is 0.831. The van der Waals surface area contributed by atoms with Crippen LogP contribution in [0.1, 0.15) is 32.0 Å². The van der Waals surface area contributed by atoms with Crippen molar-refractivity contribution in [2.75, 3.05) is 30.8 Å². The van der Waals surface area contributed by atoms with Gasteiger partial charge < -0.3 is 15.8 Å². The summed E-state index contributed by atoms with van der Waals surface area (Å²) in [4.78, 5) is 8.67. The third kappa shape index (κ3) is 3.30. The summed E-state index contributed by atoms with van der Waals surface area (Å²) in [5.74, 6) is 2.99. The van der Waals surface area contributed by atoms with Crippen molar-refractivity contribution in [2.24, 2.45) is 5.92 Å². The van der Waals surface area contributed by atoms with E-state index in [4.69, 9.17) is 10.5 Å². The topological polar surface area (TPSA) is 73.1 Å². The second kappa shape index (κ2) is 5.31. The summed E-state index contributed by atoms with van der Waals surface area (Å²) >= 11 is 0. The van der Waals surface area contributed by atoms with Crippen LogP contribution in [0.25, 0.3) is 0 Å². The Morgan fingerprint density at radius 1 is 1.53 bits per heavy atom. The van der Waals surface area contributed by atoms with E-state index >= 15 is 0 Å². The highest BCUT2D eigenvalue weighted by Gasteiger charge is 2.15. The molecule has 5 heteroatoms. The lowest BCUT2D eigenvalue weighted by Gasteiger charge is -2.12. The van der Waals surface area contributed by atoms with Crippen LogP contribution in [0.2, 0.25) is 0 Å². The molecule has 0 spiro atoms. The number of nitrogens with two attached hydrogens (primary N) is 1. The lowest BCUT2D eigenvalue weighted by molar-refractivity contribution is 0.187. The maximum Gasteiger partial charge on any atom is 0.135 e. The highest BCUT2D eigenvalue weighted by molar-refractivity contribution is 5.44. The van der Waals surface area contributed by atoms with E-state index in [1.807, 2.05) is 0 Å². The van der Waals surface area contributed by atoms with Gasteiger partial charge in [0, 0.05) is 31.1 Å². The number of hydrogen-bond donors (Lipinski definition) is 2. The van der Waals surface area contributed by atoms with Crippen LogP contribution in [0.4, 0.5) is 11.6 Å². The molecular weight excluding hydrogens is 216 g/mol. The Balaban J connectivity index is 1.99. The van der Waals surface area contributed by atoms with Gasteiger partial charge in [-0.05, 0) is 6.42 Å². The van der Waals surface area contributed by atoms with Gasteiger partial charge in [0.2, 0.25) is 0 Å². The molecule has 1 aromatic rings. The second-order valence-corrected chi connectivity index (χ2v) is 4.80. The Labute approximate surface area is 102 Å². The maximum atomic E-state index is 5.77. The lowest BCUT2D eigenvalue weighted by Crippen LogP contribution is -2.16. The van der Waals surface area contributed by atoms with Crippen molar-refractivity contribution >= 4 is 11.6 Å². The normalized spacial score (nSPS) is 19.8. The summed E-state index contributed by atoms with van der Waals surface area (Å²) in [6.45, 7) is 6.71. The average molecular weight is 236 g/mol. The van der Waals surface area contributed by atoms with Gasteiger partial charge in [0.05, 0.1) is 6.61 Å². The van der Waals surface area contributed by atoms with E-state index in [1.165, 1.54) is 0 Å². The highest BCUT2D eigenvalue weighted by Crippen LogP contribution is 2.17. The van der Waals surface area contributed by atoms with Crippen LogP contribution in [0, 0.1) is 5.92 Å². The van der Waals surface area contributed by atoms with Crippen molar-refractivity contribution in [3.63, 3.8) is 0 Å². The van der Waals surface area contributed by atoms with Crippen molar-refractivity contribution in [1.82, 2.24) is 9.97 Å². The van der Waals surface area contributed by atoms with E-state index in [-0.39, 0.29) is 5.92 Å². The Morgan fingerprint density at radius 2 is 2.35 bits per heavy atom. The van der Waals surface area contributed by atoms with Crippen LogP contribution in [0.5, 0.6) is 0 Å². The van der Waals surface area contributed by atoms with Crippen molar-refractivity contribution < 1.29 is 4.74 Å². The molecule has 0 amide bonds. The predicted octanol–water partition coefficient (Wildman–Crippen LogP) is 1.63. The van der Waals surface area contributed by atoms with Crippen molar-refractivity contribution in [3.05, 3.63) is 11.9 Å². The summed E-state index contributed by atoms with van der Waals surface area (Å²) in [7, 11) is 0. The summed E-state index contributed by atoms with van der Waals surface area (Å²) in [6, 6.07) is 1.78. The molecule has 1 aliphatic rings. The first kappa shape index (κ1) is 12.1. The smallest absolute Gasteiger partial charge is 0.135 e. The molecule has 1 aliphatic heterocycles. The van der Waals surface area contributed by atoms with E-state index in [0.29, 0.717) is 11.7 Å². The molecular formula is C12H20N4O. The fourth-order valence-electron chi connectivity index (χ4n) is 1.83. The number of anilines is 2. The Hall–Kier alpha value is -1.36. The highest BCUT2D eigenvalue weighted by atomic mass is 16.5. The van der Waals surface area contributed by atoms with Crippen LogP contribution < -0.4 is 11.1 Å². The zero-order chi connectivity index (χ0) is 12.3. The van der Waals surface area contributed by atoms with Crippen LogP contribution >= 0.6 is 0 Å². The monoisotopic (exact) mass is 236 g/mol. The minimum atomic E-state index is 0.286. The molecule has 5 nitrogen and oxygen atoms in total. The van der Waals surface area contributed by atoms with Gasteiger partial charge in [-0.2, -0.15) is 0 Å². The second-order valence-electron chi connectivity index (χ2n) is 4.80. The third-order valence-corrected chi connectivity index (χ3v) is 2.88. The van der Waals surface area contributed by atoms with Gasteiger partial charge >= 0.3 is 0 Å². The van der Waals surface area contributed by atoms with Gasteiger partial charge in [-0.1, -0.05) is 13.8 Å². The van der Waals surface area contributed by atoms with E-state index in [1.54, 1.807) is 6.07 Å². The molecule has 0 aromatic carbocycles. The molecule has 3 N–H and O–H groups in total. The van der Waals surface area contributed by atoms with E-state index in [2.05, 4.69) is 29.1 Å². The number of rotatable bonds is 4. The minimum absolute atomic E-state index is 0.286. The molecule has 1 aromatic heterocycles. The zero-order valence-electron chi connectivity index (χ0n) is 10.4. The molecule has 1 unspecified atom stereocenters. The molecule has 2 heterocycles. The largest absolute Gasteiger partial charge is 0.384 e. The first-order valence-corrected chi connectivity index (χ1v) is 6.11. The predicted molar refractivity (Wildman–Crippen MR) is 67.9 cm³/mol. The van der Waals surface area contributed by atoms with Gasteiger partial charge in [-0.3, -0.25) is 0 Å². The van der Waals surface area contributed by atoms with Gasteiger partial charge in [0.1, 0.15) is 17.5 Å². The fourth-order valence-corrected chi connectivity index (χ4v) is 1.83. The van der Waals surface area contributed by atoms with Gasteiger partial charge in [-0.25, -0.2) is 9.97 Å². The van der Waals surface area contributed by atoms with Gasteiger partial charge in [0.25, 0.3) is 0 Å². The van der Waals surface area contributed by atoms with E-state index < -0.39 is 0 Å². The molecule has 0 radical (unpaired) electrons. The first-order valence-electron chi connectivity index (χ1n) is 6.11. The Bertz CT molecular complexity index is 375. The SMILES string of the molecule is CC(C)c1nc(N)cc(NCC2CCOC2)n1. The van der Waals surface area contributed by atoms with Crippen molar-refractivity contribution in [1.29, 1.82) is 0 Å². The fraction of sp³-hybridized carbons (Fsp3) is 0.667. The van der Waals surface area contributed by atoms with E-state index in [9.17, 15) is 0 Å². The number of nitrogens with one attached hydrogen (secondary N) is 1. The molecule has 0 saturated carbocycles. The summed E-state index contributed by atoms with van der Waals surface area (Å²) in [5, 5.41) is 3.31. The van der Waals surface area contributed by atoms with E-state index in [0.717, 1.165) is 37.8 Å². The van der Waals surface area contributed by atoms with Gasteiger partial charge in [0.15, 0.2) is 0 Å². The molecule has 94 valence electrons. The van der Waals surface area contributed by atoms with Crippen LogP contribution in [0.3, 0.4) is 0 Å². The van der Waals surface area contributed by atoms with Crippen molar-refractivity contribution in [2.45, 2.75) is 26.2 Å². The van der Waals surface area contributed by atoms with Crippen molar-refractivity contribution in [3.8, 4) is 0 Å². The molecule has 1 saturated heterocycles. The van der Waals surface area contributed by atoms with Crippen LogP contribution in [-0.4, -0.2) is 29.7 Å². The maximum absolute atomic E-state index is 5.77. The number of ether oxygens (including phenoxy) is 1. The molecule has 1 fully saturated rings. The molecule has 2 rings (SSSR count). The third-order valence-electron chi connectivity index (χ3n) is 2.88. The first-order chi connectivity index (χ1) is 8.15. The minimum Gasteiger partial charge on any atom is -0.384 e.